The molecule has 39 heavy (non-hydrogen) atoms. The second kappa shape index (κ2) is 12.1. The zero-order valence-electron chi connectivity index (χ0n) is 22.3. The summed E-state index contributed by atoms with van der Waals surface area (Å²) < 4.78 is 11.9. The van der Waals surface area contributed by atoms with Crippen molar-refractivity contribution in [2.75, 3.05) is 12.4 Å². The van der Waals surface area contributed by atoms with Gasteiger partial charge in [0.1, 0.15) is 0 Å². The molecule has 2 aliphatic rings. The normalized spacial score (nSPS) is 17.6. The van der Waals surface area contributed by atoms with Crippen LogP contribution in [0.4, 0.5) is 5.69 Å². The van der Waals surface area contributed by atoms with Crippen molar-refractivity contribution in [1.29, 1.82) is 0 Å². The minimum atomic E-state index is -0.384. The number of hydrogen-bond acceptors (Lipinski definition) is 7. The number of benzene rings is 2. The number of carbonyl (C=O) groups excluding carboxylic acids is 2. The van der Waals surface area contributed by atoms with E-state index in [2.05, 4.69) is 22.2 Å². The highest BCUT2D eigenvalue weighted by molar-refractivity contribution is 6.06. The predicted octanol–water partition coefficient (Wildman–Crippen LogP) is 5.22. The minimum Gasteiger partial charge on any atom is -0.493 e. The Morgan fingerprint density at radius 1 is 1.05 bits per heavy atom. The number of aromatic nitrogens is 2. The summed E-state index contributed by atoms with van der Waals surface area (Å²) in [7, 11) is 1.65. The van der Waals surface area contributed by atoms with Crippen molar-refractivity contribution < 1.29 is 19.1 Å². The Morgan fingerprint density at radius 2 is 1.79 bits per heavy atom. The average Bonchev–Trinajstić information content (AvgIpc) is 3.48. The molecule has 202 valence electrons. The molecule has 0 radical (unpaired) electrons. The summed E-state index contributed by atoms with van der Waals surface area (Å²) in [5.74, 6) is 1.16. The van der Waals surface area contributed by atoms with E-state index in [0.717, 1.165) is 41.9 Å². The average molecular weight is 528 g/mol. The van der Waals surface area contributed by atoms with E-state index in [1.165, 1.54) is 30.2 Å². The molecule has 1 unspecified atom stereocenters. The molecule has 1 fully saturated rings. The highest BCUT2D eigenvalue weighted by atomic mass is 16.5. The molecule has 3 aromatic rings. The lowest BCUT2D eigenvalue weighted by molar-refractivity contribution is -0.133. The number of ether oxygens (including phenoxy) is 2. The molecule has 5 rings (SSSR count). The third-order valence-electron chi connectivity index (χ3n) is 7.19. The smallest absolute Gasteiger partial charge is 0.293 e. The molecule has 2 amide bonds. The van der Waals surface area contributed by atoms with Gasteiger partial charge in [-0.15, -0.1) is 0 Å². The predicted molar refractivity (Wildman–Crippen MR) is 148 cm³/mol. The topological polar surface area (TPSA) is 106 Å². The first kappa shape index (κ1) is 26.3. The fourth-order valence-corrected chi connectivity index (χ4v) is 5.02. The van der Waals surface area contributed by atoms with E-state index in [1.54, 1.807) is 25.3 Å². The lowest BCUT2D eigenvalue weighted by Crippen LogP contribution is -2.36. The fourth-order valence-electron chi connectivity index (χ4n) is 5.02. The van der Waals surface area contributed by atoms with Gasteiger partial charge in [-0.05, 0) is 74.1 Å². The largest absolute Gasteiger partial charge is 0.493 e. The van der Waals surface area contributed by atoms with Crippen molar-refractivity contribution >= 4 is 23.2 Å². The van der Waals surface area contributed by atoms with Crippen molar-refractivity contribution in [3.63, 3.8) is 0 Å². The Balaban J connectivity index is 1.33. The summed E-state index contributed by atoms with van der Waals surface area (Å²) in [5.41, 5.74) is 3.33. The summed E-state index contributed by atoms with van der Waals surface area (Å²) in [6.45, 7) is 2.41. The van der Waals surface area contributed by atoms with Crippen molar-refractivity contribution in [3.8, 4) is 11.5 Å². The Hall–Kier alpha value is -4.27. The highest BCUT2D eigenvalue weighted by Gasteiger charge is 2.30. The van der Waals surface area contributed by atoms with Crippen LogP contribution in [0.2, 0.25) is 0 Å². The third-order valence-corrected chi connectivity index (χ3v) is 7.19. The molecule has 2 aromatic carbocycles. The Kier molecular flexibility index (Phi) is 8.15. The zero-order valence-corrected chi connectivity index (χ0v) is 22.3. The summed E-state index contributed by atoms with van der Waals surface area (Å²) in [4.78, 5) is 33.3. The van der Waals surface area contributed by atoms with Gasteiger partial charge < -0.3 is 14.8 Å². The Labute approximate surface area is 228 Å². The first-order valence-corrected chi connectivity index (χ1v) is 13.4. The van der Waals surface area contributed by atoms with Crippen molar-refractivity contribution in [3.05, 3.63) is 77.9 Å². The number of nitrogens with one attached hydrogen (secondary N) is 1. The molecule has 1 saturated carbocycles. The van der Waals surface area contributed by atoms with Crippen molar-refractivity contribution in [2.45, 2.75) is 58.1 Å². The van der Waals surface area contributed by atoms with Gasteiger partial charge in [0.25, 0.3) is 5.91 Å². The molecular weight excluding hydrogens is 494 g/mol. The number of hydrazone groups is 1. The van der Waals surface area contributed by atoms with Crippen LogP contribution in [-0.4, -0.2) is 45.7 Å². The number of methoxy groups -OCH3 is 1. The van der Waals surface area contributed by atoms with Gasteiger partial charge in [-0.25, -0.2) is 15.0 Å². The molecule has 0 saturated heterocycles. The van der Waals surface area contributed by atoms with E-state index in [1.807, 2.05) is 30.3 Å². The molecule has 0 bridgehead atoms. The minimum absolute atomic E-state index is 0.0138. The summed E-state index contributed by atoms with van der Waals surface area (Å²) in [6, 6.07) is 14.9. The summed E-state index contributed by atoms with van der Waals surface area (Å²) >= 11 is 0. The maximum absolute atomic E-state index is 13.0. The van der Waals surface area contributed by atoms with Crippen molar-refractivity contribution in [2.24, 2.45) is 11.0 Å². The molecule has 0 spiro atoms. The number of rotatable bonds is 9. The maximum Gasteiger partial charge on any atom is 0.293 e. The van der Waals surface area contributed by atoms with Gasteiger partial charge in [-0.3, -0.25) is 9.59 Å². The number of anilines is 1. The SMILES string of the molecule is CCC1CC(=O)N(Cc2ccc(NC(=O)c3ncccn3)cc2)N=C1c1ccc(OC)c(OC2CCCC2)c1. The van der Waals surface area contributed by atoms with Gasteiger partial charge in [0.15, 0.2) is 11.5 Å². The van der Waals surface area contributed by atoms with E-state index < -0.39 is 0 Å². The molecule has 9 heteroatoms. The van der Waals surface area contributed by atoms with Gasteiger partial charge in [0.05, 0.1) is 25.5 Å². The van der Waals surface area contributed by atoms with Crippen LogP contribution in [0.3, 0.4) is 0 Å². The van der Waals surface area contributed by atoms with E-state index in [-0.39, 0.29) is 29.7 Å². The van der Waals surface area contributed by atoms with Gasteiger partial charge >= 0.3 is 0 Å². The first-order valence-electron chi connectivity index (χ1n) is 13.4. The summed E-state index contributed by atoms with van der Waals surface area (Å²) in [5, 5.41) is 9.16. The second-order valence-corrected chi connectivity index (χ2v) is 9.86. The van der Waals surface area contributed by atoms with Crippen LogP contribution < -0.4 is 14.8 Å². The Morgan fingerprint density at radius 3 is 2.49 bits per heavy atom. The van der Waals surface area contributed by atoms with Crippen LogP contribution in [0.5, 0.6) is 11.5 Å². The standard InChI is InChI=1S/C30H33N5O4/c1-3-21-18-27(36)35(19-20-9-12-23(13-10-20)33-30(37)29-31-15-6-16-32-29)34-28(21)22-11-14-25(38-2)26(17-22)39-24-7-4-5-8-24/h6,9-17,21,24H,3-5,7-8,18-19H2,1-2H3,(H,33,37). The van der Waals surface area contributed by atoms with Crippen LogP contribution >= 0.6 is 0 Å². The van der Waals surface area contributed by atoms with E-state index in [9.17, 15) is 9.59 Å². The molecule has 9 nitrogen and oxygen atoms in total. The lowest BCUT2D eigenvalue weighted by atomic mass is 9.89. The number of amides is 2. The molecule has 1 aliphatic heterocycles. The zero-order chi connectivity index (χ0) is 27.2. The lowest BCUT2D eigenvalue weighted by Gasteiger charge is -2.29. The van der Waals surface area contributed by atoms with Crippen LogP contribution in [0, 0.1) is 5.92 Å². The van der Waals surface area contributed by atoms with Gasteiger partial charge in [0.2, 0.25) is 11.7 Å². The first-order chi connectivity index (χ1) is 19.0. The highest BCUT2D eigenvalue weighted by Crippen LogP contribution is 2.34. The molecule has 1 aromatic heterocycles. The molecule has 1 N–H and O–H groups in total. The number of carbonyl (C=O) groups is 2. The monoisotopic (exact) mass is 527 g/mol. The van der Waals surface area contributed by atoms with Crippen LogP contribution in [-0.2, 0) is 11.3 Å². The molecule has 1 atom stereocenters. The van der Waals surface area contributed by atoms with Crippen LogP contribution in [0.1, 0.15) is 67.2 Å². The second-order valence-electron chi connectivity index (χ2n) is 9.86. The molecule has 2 heterocycles. The molecule has 1 aliphatic carbocycles. The van der Waals surface area contributed by atoms with Crippen LogP contribution in [0.25, 0.3) is 0 Å². The number of hydrogen-bond donors (Lipinski definition) is 1. The van der Waals surface area contributed by atoms with Crippen molar-refractivity contribution in [1.82, 2.24) is 15.0 Å². The van der Waals surface area contributed by atoms with Gasteiger partial charge in [0, 0.05) is 36.0 Å². The quantitative estimate of drug-likeness (QED) is 0.409. The van der Waals surface area contributed by atoms with E-state index in [0.29, 0.717) is 24.4 Å². The molecular formula is C30H33N5O4. The maximum atomic E-state index is 13.0. The summed E-state index contributed by atoms with van der Waals surface area (Å²) in [6.07, 6.45) is 8.92. The van der Waals surface area contributed by atoms with E-state index >= 15 is 0 Å². The third kappa shape index (κ3) is 6.25. The van der Waals surface area contributed by atoms with Crippen LogP contribution in [0.15, 0.2) is 66.0 Å². The van der Waals surface area contributed by atoms with E-state index in [4.69, 9.17) is 14.6 Å². The number of nitrogens with zero attached hydrogens (tertiary/aromatic N) is 4. The Bertz CT molecular complexity index is 1340. The van der Waals surface area contributed by atoms with Gasteiger partial charge in [-0.1, -0.05) is 19.1 Å². The fraction of sp³-hybridized carbons (Fsp3) is 0.367. The van der Waals surface area contributed by atoms with Gasteiger partial charge in [-0.2, -0.15) is 5.10 Å².